The Bertz CT molecular complexity index is 103. The Morgan fingerprint density at radius 1 is 1.55 bits per heavy atom. The van der Waals surface area contributed by atoms with Crippen molar-refractivity contribution in [3.8, 4) is 0 Å². The maximum atomic E-state index is 11.6. The molecule has 0 aromatic heterocycles. The van der Waals surface area contributed by atoms with Gasteiger partial charge in [0.25, 0.3) is 6.43 Å². The van der Waals surface area contributed by atoms with E-state index in [0.717, 1.165) is 26.1 Å². The van der Waals surface area contributed by atoms with Crippen LogP contribution >= 0.6 is 0 Å². The van der Waals surface area contributed by atoms with Gasteiger partial charge in [0.05, 0.1) is 6.54 Å². The molecule has 66 valence electrons. The van der Waals surface area contributed by atoms with Gasteiger partial charge in [0, 0.05) is 0 Å². The van der Waals surface area contributed by atoms with Crippen molar-refractivity contribution in [2.75, 3.05) is 26.2 Å². The Balaban J connectivity index is 1.94. The molecule has 0 amide bonds. The molecular weight excluding hydrogens is 150 g/mol. The number of alkyl halides is 2. The molecule has 1 aliphatic rings. The largest absolute Gasteiger partial charge is 0.316 e. The minimum absolute atomic E-state index is 0.170. The van der Waals surface area contributed by atoms with Gasteiger partial charge < -0.3 is 10.6 Å². The highest BCUT2D eigenvalue weighted by Gasteiger charge is 2.13. The van der Waals surface area contributed by atoms with Crippen molar-refractivity contribution in [3.05, 3.63) is 0 Å². The highest BCUT2D eigenvalue weighted by molar-refractivity contribution is 4.72. The lowest BCUT2D eigenvalue weighted by atomic mass is 10.1. The van der Waals surface area contributed by atoms with Gasteiger partial charge in [0.15, 0.2) is 0 Å². The molecule has 1 fully saturated rings. The Labute approximate surface area is 65.4 Å². The van der Waals surface area contributed by atoms with Crippen LogP contribution in [-0.4, -0.2) is 32.6 Å². The van der Waals surface area contributed by atoms with Crippen molar-refractivity contribution in [1.29, 1.82) is 0 Å². The van der Waals surface area contributed by atoms with E-state index in [-0.39, 0.29) is 6.54 Å². The van der Waals surface area contributed by atoms with Crippen LogP contribution in [0, 0.1) is 5.92 Å². The zero-order valence-electron chi connectivity index (χ0n) is 6.45. The van der Waals surface area contributed by atoms with Gasteiger partial charge in [-0.05, 0) is 32.0 Å². The molecule has 0 aromatic rings. The second-order valence-corrected chi connectivity index (χ2v) is 2.91. The quantitative estimate of drug-likeness (QED) is 0.630. The highest BCUT2D eigenvalue weighted by atomic mass is 19.3. The Kier molecular flexibility index (Phi) is 3.72. The second-order valence-electron chi connectivity index (χ2n) is 2.91. The average Bonchev–Trinajstić information content (AvgIpc) is 2.39. The lowest BCUT2D eigenvalue weighted by molar-refractivity contribution is 0.144. The molecule has 1 atom stereocenters. The molecule has 2 N–H and O–H groups in total. The monoisotopic (exact) mass is 164 g/mol. The van der Waals surface area contributed by atoms with Crippen LogP contribution in [0.5, 0.6) is 0 Å². The molecule has 1 rings (SSSR count). The van der Waals surface area contributed by atoms with Gasteiger partial charge in [-0.25, -0.2) is 8.78 Å². The summed E-state index contributed by atoms with van der Waals surface area (Å²) in [5, 5.41) is 5.92. The van der Waals surface area contributed by atoms with E-state index < -0.39 is 6.43 Å². The third kappa shape index (κ3) is 3.62. The minimum atomic E-state index is -2.22. The zero-order chi connectivity index (χ0) is 8.10. The first-order chi connectivity index (χ1) is 5.29. The summed E-state index contributed by atoms with van der Waals surface area (Å²) in [6.45, 7) is 2.55. The lowest BCUT2D eigenvalue weighted by Gasteiger charge is -2.08. The van der Waals surface area contributed by atoms with Gasteiger partial charge >= 0.3 is 0 Å². The summed E-state index contributed by atoms with van der Waals surface area (Å²) in [5.74, 6) is 0.550. The molecule has 1 saturated heterocycles. The molecule has 4 heteroatoms. The predicted octanol–water partition coefficient (Wildman–Crippen LogP) is 0.451. The van der Waals surface area contributed by atoms with E-state index in [1.807, 2.05) is 0 Å². The number of hydrogen-bond acceptors (Lipinski definition) is 2. The van der Waals surface area contributed by atoms with E-state index in [0.29, 0.717) is 5.92 Å². The summed E-state index contributed by atoms with van der Waals surface area (Å²) in [6.07, 6.45) is -1.11. The fraction of sp³-hybridized carbons (Fsp3) is 1.00. The average molecular weight is 164 g/mol. The first kappa shape index (κ1) is 8.87. The normalized spacial score (nSPS) is 24.8. The van der Waals surface area contributed by atoms with Crippen LogP contribution in [0.25, 0.3) is 0 Å². The second kappa shape index (κ2) is 4.62. The molecule has 0 spiro atoms. The summed E-state index contributed by atoms with van der Waals surface area (Å²) in [7, 11) is 0. The third-order valence-electron chi connectivity index (χ3n) is 1.89. The van der Waals surface area contributed by atoms with Gasteiger partial charge in [-0.1, -0.05) is 0 Å². The Morgan fingerprint density at radius 3 is 2.91 bits per heavy atom. The maximum Gasteiger partial charge on any atom is 0.250 e. The van der Waals surface area contributed by atoms with Gasteiger partial charge in [-0.2, -0.15) is 0 Å². The molecular formula is C7H14F2N2. The van der Waals surface area contributed by atoms with Crippen molar-refractivity contribution in [2.24, 2.45) is 5.92 Å². The highest BCUT2D eigenvalue weighted by Crippen LogP contribution is 2.05. The van der Waals surface area contributed by atoms with Crippen LogP contribution in [-0.2, 0) is 0 Å². The zero-order valence-corrected chi connectivity index (χ0v) is 6.45. The van der Waals surface area contributed by atoms with E-state index in [2.05, 4.69) is 10.6 Å². The van der Waals surface area contributed by atoms with Crippen LogP contribution in [0.3, 0.4) is 0 Å². The predicted molar refractivity (Wildman–Crippen MR) is 39.9 cm³/mol. The summed E-state index contributed by atoms with van der Waals surface area (Å²) in [5.41, 5.74) is 0. The number of halogens is 2. The van der Waals surface area contributed by atoms with Crippen molar-refractivity contribution in [1.82, 2.24) is 10.6 Å². The van der Waals surface area contributed by atoms with Crippen LogP contribution in [0.1, 0.15) is 6.42 Å². The van der Waals surface area contributed by atoms with Crippen molar-refractivity contribution >= 4 is 0 Å². The third-order valence-corrected chi connectivity index (χ3v) is 1.89. The first-order valence-electron chi connectivity index (χ1n) is 3.98. The van der Waals surface area contributed by atoms with Crippen LogP contribution in [0.2, 0.25) is 0 Å². The minimum Gasteiger partial charge on any atom is -0.316 e. The standard InChI is InChI=1S/C7H14F2N2/c8-7(9)5-11-4-6-1-2-10-3-6/h6-7,10-11H,1-5H2/t6-/m1/s1. The van der Waals surface area contributed by atoms with E-state index in [4.69, 9.17) is 0 Å². The SMILES string of the molecule is FC(F)CNC[C@@H]1CCNC1. The molecule has 0 unspecified atom stereocenters. The lowest BCUT2D eigenvalue weighted by Crippen LogP contribution is -2.28. The fourth-order valence-corrected chi connectivity index (χ4v) is 1.29. The van der Waals surface area contributed by atoms with Crippen LogP contribution < -0.4 is 10.6 Å². The molecule has 0 aliphatic carbocycles. The molecule has 1 heterocycles. The molecule has 11 heavy (non-hydrogen) atoms. The molecule has 0 bridgehead atoms. The molecule has 1 aliphatic heterocycles. The van der Waals surface area contributed by atoms with E-state index in [1.165, 1.54) is 0 Å². The summed E-state index contributed by atoms with van der Waals surface area (Å²) in [6, 6.07) is 0. The van der Waals surface area contributed by atoms with E-state index in [1.54, 1.807) is 0 Å². The van der Waals surface area contributed by atoms with Gasteiger partial charge in [-0.15, -0.1) is 0 Å². The molecule has 2 nitrogen and oxygen atoms in total. The van der Waals surface area contributed by atoms with Gasteiger partial charge in [0.2, 0.25) is 0 Å². The number of hydrogen-bond donors (Lipinski definition) is 2. The van der Waals surface area contributed by atoms with Gasteiger partial charge in [-0.3, -0.25) is 0 Å². The Morgan fingerprint density at radius 2 is 2.36 bits per heavy atom. The van der Waals surface area contributed by atoms with Crippen LogP contribution in [0.15, 0.2) is 0 Å². The first-order valence-corrected chi connectivity index (χ1v) is 3.98. The Hall–Kier alpha value is -0.220. The smallest absolute Gasteiger partial charge is 0.250 e. The number of nitrogens with one attached hydrogen (secondary N) is 2. The van der Waals surface area contributed by atoms with Crippen molar-refractivity contribution < 1.29 is 8.78 Å². The summed E-state index contributed by atoms with van der Waals surface area (Å²) < 4.78 is 23.3. The van der Waals surface area contributed by atoms with Crippen LogP contribution in [0.4, 0.5) is 8.78 Å². The molecule has 0 aromatic carbocycles. The molecule has 0 saturated carbocycles. The maximum absolute atomic E-state index is 11.6. The van der Waals surface area contributed by atoms with Gasteiger partial charge in [0.1, 0.15) is 0 Å². The summed E-state index contributed by atoms with van der Waals surface area (Å²) in [4.78, 5) is 0. The topological polar surface area (TPSA) is 24.1 Å². The summed E-state index contributed by atoms with van der Waals surface area (Å²) >= 11 is 0. The molecule has 0 radical (unpaired) electrons. The fourth-order valence-electron chi connectivity index (χ4n) is 1.29. The van der Waals surface area contributed by atoms with Crippen molar-refractivity contribution in [3.63, 3.8) is 0 Å². The van der Waals surface area contributed by atoms with E-state index >= 15 is 0 Å². The van der Waals surface area contributed by atoms with Crippen molar-refractivity contribution in [2.45, 2.75) is 12.8 Å². The number of rotatable bonds is 4. The van der Waals surface area contributed by atoms with E-state index in [9.17, 15) is 8.78 Å².